The summed E-state index contributed by atoms with van der Waals surface area (Å²) in [6.07, 6.45) is 11.0. The van der Waals surface area contributed by atoms with Crippen LogP contribution < -0.4 is 19.5 Å². The topological polar surface area (TPSA) is 60.0 Å². The fourth-order valence-electron chi connectivity index (χ4n) is 6.17. The first kappa shape index (κ1) is 29.8. The van der Waals surface area contributed by atoms with Crippen LogP contribution in [0.4, 0.5) is 8.78 Å². The predicted octanol–water partition coefficient (Wildman–Crippen LogP) is 6.41. The van der Waals surface area contributed by atoms with Crippen molar-refractivity contribution in [2.45, 2.75) is 64.3 Å². The Morgan fingerprint density at radius 2 is 1.75 bits per heavy atom. The van der Waals surface area contributed by atoms with Gasteiger partial charge in [-0.25, -0.2) is 8.78 Å². The summed E-state index contributed by atoms with van der Waals surface area (Å²) < 4.78 is 44.5. The summed E-state index contributed by atoms with van der Waals surface area (Å²) in [5.74, 6) is 0.582. The molecule has 0 spiro atoms. The third-order valence-corrected chi connectivity index (χ3v) is 8.23. The van der Waals surface area contributed by atoms with E-state index >= 15 is 0 Å². The molecule has 0 bridgehead atoms. The number of amides is 1. The number of hydrogen-bond donors (Lipinski definition) is 1. The van der Waals surface area contributed by atoms with Gasteiger partial charge in [-0.1, -0.05) is 30.9 Å². The van der Waals surface area contributed by atoms with E-state index in [1.54, 1.807) is 33.3 Å². The number of ether oxygens (including phenoxy) is 3. The van der Waals surface area contributed by atoms with Gasteiger partial charge in [-0.3, -0.25) is 9.69 Å². The van der Waals surface area contributed by atoms with Crippen LogP contribution in [-0.4, -0.2) is 57.8 Å². The summed E-state index contributed by atoms with van der Waals surface area (Å²) >= 11 is 0. The molecule has 1 atom stereocenters. The highest BCUT2D eigenvalue weighted by atomic mass is 19.1. The number of methoxy groups -OCH3 is 3. The van der Waals surface area contributed by atoms with Crippen molar-refractivity contribution >= 4 is 12.0 Å². The fraction of sp³-hybridized carbons (Fsp3) is 0.531. The van der Waals surface area contributed by atoms with E-state index in [0.29, 0.717) is 35.3 Å². The minimum atomic E-state index is -0.646. The lowest BCUT2D eigenvalue weighted by Gasteiger charge is -2.31. The van der Waals surface area contributed by atoms with Gasteiger partial charge >= 0.3 is 0 Å². The minimum absolute atomic E-state index is 0.197. The van der Waals surface area contributed by atoms with Crippen LogP contribution in [-0.2, 0) is 6.42 Å². The number of rotatable bonds is 11. The molecular weight excluding hydrogens is 514 g/mol. The molecule has 8 heteroatoms. The van der Waals surface area contributed by atoms with Crippen molar-refractivity contribution in [3.8, 4) is 17.2 Å². The average Bonchev–Trinajstić information content (AvgIpc) is 3.39. The monoisotopic (exact) mass is 556 g/mol. The SMILES string of the molecule is COc1cc(C(=O)NCC(C)=Cc2ccc(F)cc2F)c(C[C@@H]2CCCN2CC2CCCCC2)c(OC)c1OC. The minimum Gasteiger partial charge on any atom is -0.493 e. The van der Waals surface area contributed by atoms with Crippen LogP contribution in [0.15, 0.2) is 29.8 Å². The maximum absolute atomic E-state index is 14.1. The first-order valence-electron chi connectivity index (χ1n) is 14.3. The third kappa shape index (κ3) is 7.14. The standard InChI is InChI=1S/C32H42F2N2O4/c1-21(15-23-12-13-24(33)16-28(23)34)19-35-32(37)27-18-29(38-2)31(40-4)30(39-3)26(27)17-25-11-8-14-36(25)20-22-9-6-5-7-10-22/h12-13,15-16,18,22,25H,5-11,14,17,19-20H2,1-4H3,(H,35,37)/t25-/m0/s1. The first-order valence-corrected chi connectivity index (χ1v) is 14.3. The maximum Gasteiger partial charge on any atom is 0.252 e. The molecule has 6 nitrogen and oxygen atoms in total. The van der Waals surface area contributed by atoms with Gasteiger partial charge in [0.1, 0.15) is 11.6 Å². The van der Waals surface area contributed by atoms with Crippen molar-refractivity contribution in [3.05, 3.63) is 58.2 Å². The molecule has 0 radical (unpaired) electrons. The van der Waals surface area contributed by atoms with E-state index in [-0.39, 0.29) is 18.0 Å². The molecule has 40 heavy (non-hydrogen) atoms. The Kier molecular flexibility index (Phi) is 10.4. The molecule has 218 valence electrons. The molecule has 1 saturated heterocycles. The number of likely N-dealkylation sites (tertiary alicyclic amines) is 1. The maximum atomic E-state index is 14.1. The summed E-state index contributed by atoms with van der Waals surface area (Å²) in [5, 5.41) is 2.96. The second kappa shape index (κ2) is 14.0. The lowest BCUT2D eigenvalue weighted by atomic mass is 9.88. The molecule has 0 unspecified atom stereocenters. The van der Waals surface area contributed by atoms with Gasteiger partial charge in [-0.2, -0.15) is 0 Å². The van der Waals surface area contributed by atoms with E-state index in [1.807, 2.05) is 0 Å². The lowest BCUT2D eigenvalue weighted by molar-refractivity contribution is 0.0954. The van der Waals surface area contributed by atoms with Crippen LogP contribution >= 0.6 is 0 Å². The Balaban J connectivity index is 1.58. The van der Waals surface area contributed by atoms with E-state index in [2.05, 4.69) is 10.2 Å². The average molecular weight is 557 g/mol. The van der Waals surface area contributed by atoms with Crippen molar-refractivity contribution < 1.29 is 27.8 Å². The van der Waals surface area contributed by atoms with Crippen molar-refractivity contribution in [1.82, 2.24) is 10.2 Å². The molecule has 2 aliphatic rings. The second-order valence-corrected chi connectivity index (χ2v) is 11.0. The number of hydrogen-bond acceptors (Lipinski definition) is 5. The molecule has 1 aliphatic heterocycles. The number of nitrogens with zero attached hydrogens (tertiary/aromatic N) is 1. The molecule has 1 heterocycles. The van der Waals surface area contributed by atoms with Crippen LogP contribution in [0.5, 0.6) is 17.2 Å². The molecule has 1 N–H and O–H groups in total. The highest BCUT2D eigenvalue weighted by Gasteiger charge is 2.32. The summed E-state index contributed by atoms with van der Waals surface area (Å²) in [6, 6.07) is 5.46. The number of carbonyl (C=O) groups excluding carboxylic acids is 1. The van der Waals surface area contributed by atoms with E-state index in [0.717, 1.165) is 49.1 Å². The Hall–Kier alpha value is -3.13. The number of halogens is 2. The van der Waals surface area contributed by atoms with Gasteiger partial charge in [-0.15, -0.1) is 0 Å². The Labute approximate surface area is 236 Å². The molecule has 2 fully saturated rings. The van der Waals surface area contributed by atoms with E-state index in [9.17, 15) is 13.6 Å². The largest absolute Gasteiger partial charge is 0.493 e. The fourth-order valence-corrected chi connectivity index (χ4v) is 6.17. The normalized spacial score (nSPS) is 18.6. The van der Waals surface area contributed by atoms with Gasteiger partial charge in [0, 0.05) is 36.3 Å². The molecule has 0 aromatic heterocycles. The molecule has 2 aromatic rings. The highest BCUT2D eigenvalue weighted by molar-refractivity contribution is 5.97. The summed E-state index contributed by atoms with van der Waals surface area (Å²) in [4.78, 5) is 16.2. The van der Waals surface area contributed by atoms with Gasteiger partial charge in [0.25, 0.3) is 5.91 Å². The predicted molar refractivity (Wildman–Crippen MR) is 153 cm³/mol. The molecule has 1 aliphatic carbocycles. The molecule has 2 aromatic carbocycles. The van der Waals surface area contributed by atoms with E-state index in [1.165, 1.54) is 51.3 Å². The zero-order valence-corrected chi connectivity index (χ0v) is 24.2. The number of nitrogens with one attached hydrogen (secondary N) is 1. The lowest BCUT2D eigenvalue weighted by Crippen LogP contribution is -2.36. The zero-order valence-electron chi connectivity index (χ0n) is 24.2. The van der Waals surface area contributed by atoms with Crippen molar-refractivity contribution in [2.75, 3.05) is 41.0 Å². The van der Waals surface area contributed by atoms with Gasteiger partial charge in [0.05, 0.1) is 26.9 Å². The molecular formula is C32H42F2N2O4. The van der Waals surface area contributed by atoms with Gasteiger partial charge in [-0.05, 0) is 69.7 Å². The van der Waals surface area contributed by atoms with Crippen LogP contribution in [0.1, 0.15) is 73.4 Å². The smallest absolute Gasteiger partial charge is 0.252 e. The van der Waals surface area contributed by atoms with Crippen LogP contribution in [0.2, 0.25) is 0 Å². The quantitative estimate of drug-likeness (QED) is 0.347. The number of carbonyl (C=O) groups is 1. The second-order valence-electron chi connectivity index (χ2n) is 11.0. The van der Waals surface area contributed by atoms with Crippen molar-refractivity contribution in [2.24, 2.45) is 5.92 Å². The first-order chi connectivity index (χ1) is 19.3. The molecule has 1 amide bonds. The van der Waals surface area contributed by atoms with Gasteiger partial charge in [0.2, 0.25) is 5.75 Å². The van der Waals surface area contributed by atoms with Gasteiger partial charge < -0.3 is 19.5 Å². The Bertz CT molecular complexity index is 1210. The van der Waals surface area contributed by atoms with Gasteiger partial charge in [0.15, 0.2) is 11.5 Å². The summed E-state index contributed by atoms with van der Waals surface area (Å²) in [7, 11) is 4.68. The van der Waals surface area contributed by atoms with Crippen LogP contribution in [0, 0.1) is 17.6 Å². The van der Waals surface area contributed by atoms with Crippen molar-refractivity contribution in [1.29, 1.82) is 0 Å². The van der Waals surface area contributed by atoms with E-state index in [4.69, 9.17) is 14.2 Å². The van der Waals surface area contributed by atoms with Crippen LogP contribution in [0.25, 0.3) is 6.08 Å². The van der Waals surface area contributed by atoms with E-state index < -0.39 is 11.6 Å². The Morgan fingerprint density at radius 3 is 2.42 bits per heavy atom. The molecule has 4 rings (SSSR count). The summed E-state index contributed by atoms with van der Waals surface area (Å²) in [6.45, 7) is 4.16. The highest BCUT2D eigenvalue weighted by Crippen LogP contribution is 2.43. The van der Waals surface area contributed by atoms with Crippen molar-refractivity contribution in [3.63, 3.8) is 0 Å². The summed E-state index contributed by atoms with van der Waals surface area (Å²) in [5.41, 5.74) is 2.26. The zero-order chi connectivity index (χ0) is 28.6. The Morgan fingerprint density at radius 1 is 1.00 bits per heavy atom. The van der Waals surface area contributed by atoms with Crippen LogP contribution in [0.3, 0.4) is 0 Å². The number of benzene rings is 2. The third-order valence-electron chi connectivity index (χ3n) is 8.23. The molecule has 1 saturated carbocycles.